The number of benzene rings is 3. The van der Waals surface area contributed by atoms with Gasteiger partial charge in [-0.1, -0.05) is 35.3 Å². The molecule has 0 unspecified atom stereocenters. The lowest BCUT2D eigenvalue weighted by atomic mass is 10.1. The minimum absolute atomic E-state index is 0.0536. The van der Waals surface area contributed by atoms with Crippen LogP contribution in [0.1, 0.15) is 26.3 Å². The summed E-state index contributed by atoms with van der Waals surface area (Å²) in [6.07, 6.45) is 1.25. The number of hydrogen-bond donors (Lipinski definition) is 0. The van der Waals surface area contributed by atoms with Crippen molar-refractivity contribution in [1.29, 1.82) is 0 Å². The van der Waals surface area contributed by atoms with Gasteiger partial charge in [-0.3, -0.25) is 4.79 Å². The molecule has 0 atom stereocenters. The maximum atomic E-state index is 14.0. The fourth-order valence-corrected chi connectivity index (χ4v) is 3.20. The van der Waals surface area contributed by atoms with Gasteiger partial charge in [0, 0.05) is 16.7 Å². The van der Waals surface area contributed by atoms with E-state index >= 15 is 0 Å². The zero-order valence-electron chi connectivity index (χ0n) is 14.6. The molecule has 4 rings (SSSR count). The topological polar surface area (TPSA) is 52.6 Å². The normalized spacial score (nSPS) is 13.9. The molecular formula is C22H11Cl2FO4. The summed E-state index contributed by atoms with van der Waals surface area (Å²) in [7, 11) is 0. The van der Waals surface area contributed by atoms with Crippen LogP contribution in [0.2, 0.25) is 10.0 Å². The standard InChI is InChI=1S/C22H11Cl2FO4/c23-13-4-1-3-12(9-13)22(27)28-14-7-8-15-19(10-14)29-20(21(15)26)11-16-17(24)5-2-6-18(16)25/h1-11H/b20-11-. The smallest absolute Gasteiger partial charge is 0.343 e. The van der Waals surface area contributed by atoms with Gasteiger partial charge in [0.2, 0.25) is 5.78 Å². The number of Topliss-reactive ketones (excluding diaryl/α,β-unsaturated/α-hetero) is 1. The van der Waals surface area contributed by atoms with Gasteiger partial charge in [-0.05, 0) is 48.5 Å². The lowest BCUT2D eigenvalue weighted by molar-refractivity contribution is 0.0734. The third-order valence-corrected chi connectivity index (χ3v) is 4.75. The van der Waals surface area contributed by atoms with E-state index in [1.54, 1.807) is 18.2 Å². The molecule has 0 saturated carbocycles. The van der Waals surface area contributed by atoms with Crippen molar-refractivity contribution in [3.05, 3.63) is 99.0 Å². The van der Waals surface area contributed by atoms with Gasteiger partial charge in [0.05, 0.1) is 16.1 Å². The Morgan fingerprint density at radius 1 is 1.03 bits per heavy atom. The monoisotopic (exact) mass is 428 g/mol. The van der Waals surface area contributed by atoms with Crippen LogP contribution in [0.5, 0.6) is 11.5 Å². The number of rotatable bonds is 3. The van der Waals surface area contributed by atoms with Crippen molar-refractivity contribution in [3.8, 4) is 11.5 Å². The highest BCUT2D eigenvalue weighted by molar-refractivity contribution is 6.32. The molecule has 0 amide bonds. The molecule has 0 N–H and O–H groups in total. The second kappa shape index (κ2) is 7.70. The number of halogens is 3. The summed E-state index contributed by atoms with van der Waals surface area (Å²) in [5.41, 5.74) is 0.606. The van der Waals surface area contributed by atoms with Crippen molar-refractivity contribution in [2.45, 2.75) is 0 Å². The Labute approximate surface area is 175 Å². The van der Waals surface area contributed by atoms with E-state index in [-0.39, 0.29) is 39.0 Å². The average Bonchev–Trinajstić information content (AvgIpc) is 3.00. The fourth-order valence-electron chi connectivity index (χ4n) is 2.79. The van der Waals surface area contributed by atoms with Crippen LogP contribution in [-0.4, -0.2) is 11.8 Å². The number of ketones is 1. The number of carbonyl (C=O) groups excluding carboxylic acids is 2. The number of hydrogen-bond acceptors (Lipinski definition) is 4. The zero-order valence-corrected chi connectivity index (χ0v) is 16.1. The first kappa shape index (κ1) is 19.2. The van der Waals surface area contributed by atoms with Crippen molar-refractivity contribution < 1.29 is 23.5 Å². The average molecular weight is 429 g/mol. The molecule has 1 heterocycles. The summed E-state index contributed by atoms with van der Waals surface area (Å²) in [4.78, 5) is 24.8. The van der Waals surface area contributed by atoms with E-state index in [0.717, 1.165) is 0 Å². The van der Waals surface area contributed by atoms with Gasteiger partial charge < -0.3 is 9.47 Å². The molecule has 0 bridgehead atoms. The van der Waals surface area contributed by atoms with Crippen LogP contribution in [0.25, 0.3) is 6.08 Å². The summed E-state index contributed by atoms with van der Waals surface area (Å²) in [5.74, 6) is -1.30. The zero-order chi connectivity index (χ0) is 20.5. The van der Waals surface area contributed by atoms with E-state index in [4.69, 9.17) is 32.7 Å². The largest absolute Gasteiger partial charge is 0.452 e. The predicted octanol–water partition coefficient (Wildman–Crippen LogP) is 5.97. The van der Waals surface area contributed by atoms with Crippen LogP contribution >= 0.6 is 23.2 Å². The maximum Gasteiger partial charge on any atom is 0.343 e. The van der Waals surface area contributed by atoms with Gasteiger partial charge in [0.25, 0.3) is 0 Å². The molecule has 1 aliphatic heterocycles. The molecule has 144 valence electrons. The lowest BCUT2D eigenvalue weighted by Gasteiger charge is -2.06. The number of fused-ring (bicyclic) bond motifs is 1. The first-order valence-electron chi connectivity index (χ1n) is 8.42. The Morgan fingerprint density at radius 2 is 1.83 bits per heavy atom. The first-order chi connectivity index (χ1) is 13.9. The van der Waals surface area contributed by atoms with Crippen LogP contribution < -0.4 is 9.47 Å². The quantitative estimate of drug-likeness (QED) is 0.293. The number of allylic oxidation sites excluding steroid dienone is 1. The summed E-state index contributed by atoms with van der Waals surface area (Å²) in [5, 5.41) is 0.560. The highest BCUT2D eigenvalue weighted by Crippen LogP contribution is 2.36. The van der Waals surface area contributed by atoms with Gasteiger partial charge >= 0.3 is 5.97 Å². The predicted molar refractivity (Wildman–Crippen MR) is 107 cm³/mol. The van der Waals surface area contributed by atoms with E-state index in [0.29, 0.717) is 5.02 Å². The van der Waals surface area contributed by atoms with Gasteiger partial charge in [-0.15, -0.1) is 0 Å². The molecule has 29 heavy (non-hydrogen) atoms. The second-order valence-electron chi connectivity index (χ2n) is 6.13. The molecule has 0 fully saturated rings. The van der Waals surface area contributed by atoms with E-state index < -0.39 is 17.6 Å². The van der Waals surface area contributed by atoms with Crippen molar-refractivity contribution in [1.82, 2.24) is 0 Å². The van der Waals surface area contributed by atoms with Crippen molar-refractivity contribution in [2.75, 3.05) is 0 Å². The molecule has 0 radical (unpaired) electrons. The van der Waals surface area contributed by atoms with Crippen LogP contribution in [-0.2, 0) is 0 Å². The van der Waals surface area contributed by atoms with Gasteiger partial charge in [0.1, 0.15) is 17.3 Å². The van der Waals surface area contributed by atoms with Crippen LogP contribution in [0.4, 0.5) is 4.39 Å². The Kier molecular flexibility index (Phi) is 5.09. The minimum atomic E-state index is -0.606. The second-order valence-corrected chi connectivity index (χ2v) is 6.98. The third-order valence-electron chi connectivity index (χ3n) is 4.19. The molecule has 0 saturated heterocycles. The van der Waals surface area contributed by atoms with Crippen molar-refractivity contribution in [2.24, 2.45) is 0 Å². The number of esters is 1. The summed E-state index contributed by atoms with van der Waals surface area (Å²) in [6, 6.07) is 14.9. The van der Waals surface area contributed by atoms with E-state index in [2.05, 4.69) is 0 Å². The fraction of sp³-hybridized carbons (Fsp3) is 0. The van der Waals surface area contributed by atoms with Crippen LogP contribution in [0.15, 0.2) is 66.4 Å². The molecular weight excluding hydrogens is 418 g/mol. The molecule has 0 aromatic heterocycles. The molecule has 1 aliphatic rings. The molecule has 3 aromatic carbocycles. The summed E-state index contributed by atoms with van der Waals surface area (Å²) in [6.45, 7) is 0. The summed E-state index contributed by atoms with van der Waals surface area (Å²) < 4.78 is 24.9. The highest BCUT2D eigenvalue weighted by Gasteiger charge is 2.28. The van der Waals surface area contributed by atoms with Crippen molar-refractivity contribution >= 4 is 41.0 Å². The molecule has 3 aromatic rings. The minimum Gasteiger partial charge on any atom is -0.452 e. The molecule has 0 spiro atoms. The Hall–Kier alpha value is -3.15. The van der Waals surface area contributed by atoms with Gasteiger partial charge in [-0.2, -0.15) is 0 Å². The molecule has 4 nitrogen and oxygen atoms in total. The first-order valence-corrected chi connectivity index (χ1v) is 9.18. The van der Waals surface area contributed by atoms with Crippen LogP contribution in [0.3, 0.4) is 0 Å². The van der Waals surface area contributed by atoms with E-state index in [9.17, 15) is 14.0 Å². The molecule has 7 heteroatoms. The van der Waals surface area contributed by atoms with Crippen LogP contribution in [0, 0.1) is 5.82 Å². The SMILES string of the molecule is O=C(Oc1ccc2c(c1)O/C(=C\c1c(F)cccc1Cl)C2=O)c1cccc(Cl)c1. The number of ether oxygens (including phenoxy) is 2. The summed E-state index contributed by atoms with van der Waals surface area (Å²) >= 11 is 11.9. The highest BCUT2D eigenvalue weighted by atomic mass is 35.5. The Balaban J connectivity index is 1.59. The maximum absolute atomic E-state index is 14.0. The Morgan fingerprint density at radius 3 is 2.59 bits per heavy atom. The number of carbonyl (C=O) groups is 2. The molecule has 0 aliphatic carbocycles. The van der Waals surface area contributed by atoms with E-state index in [1.807, 2.05) is 0 Å². The van der Waals surface area contributed by atoms with Gasteiger partial charge in [0.15, 0.2) is 5.76 Å². The van der Waals surface area contributed by atoms with E-state index in [1.165, 1.54) is 48.5 Å². The third kappa shape index (κ3) is 3.88. The van der Waals surface area contributed by atoms with Crippen molar-refractivity contribution in [3.63, 3.8) is 0 Å². The Bertz CT molecular complexity index is 1170. The van der Waals surface area contributed by atoms with Gasteiger partial charge in [-0.25, -0.2) is 9.18 Å². The lowest BCUT2D eigenvalue weighted by Crippen LogP contribution is -2.08.